The number of amides is 1. The third kappa shape index (κ3) is 3.50. The van der Waals surface area contributed by atoms with Crippen molar-refractivity contribution in [2.24, 2.45) is 0 Å². The molecule has 6 nitrogen and oxygen atoms in total. The van der Waals surface area contributed by atoms with E-state index in [-0.39, 0.29) is 23.8 Å². The monoisotopic (exact) mass is 338 g/mol. The SMILES string of the molecule is C[C@@H](NC(=O)c1cccc(N2CCCS2(=O)=O)c1)[C@H]1CCCO1. The molecule has 0 bridgehead atoms. The molecule has 0 aromatic heterocycles. The van der Waals surface area contributed by atoms with Gasteiger partial charge in [-0.15, -0.1) is 0 Å². The zero-order valence-corrected chi connectivity index (χ0v) is 14.0. The Bertz CT molecular complexity index is 683. The van der Waals surface area contributed by atoms with Crippen LogP contribution in [-0.2, 0) is 14.8 Å². The molecule has 1 aromatic rings. The van der Waals surface area contributed by atoms with Gasteiger partial charge in [-0.25, -0.2) is 8.42 Å². The van der Waals surface area contributed by atoms with Crippen LogP contribution in [0.5, 0.6) is 0 Å². The summed E-state index contributed by atoms with van der Waals surface area (Å²) < 4.78 is 31.0. The minimum atomic E-state index is -3.24. The van der Waals surface area contributed by atoms with Crippen LogP contribution in [0.4, 0.5) is 5.69 Å². The average Bonchev–Trinajstić information content (AvgIpc) is 3.16. The van der Waals surface area contributed by atoms with Crippen LogP contribution in [0.25, 0.3) is 0 Å². The summed E-state index contributed by atoms with van der Waals surface area (Å²) in [7, 11) is -3.24. The highest BCUT2D eigenvalue weighted by atomic mass is 32.2. The van der Waals surface area contributed by atoms with Crippen molar-refractivity contribution in [3.05, 3.63) is 29.8 Å². The van der Waals surface area contributed by atoms with Gasteiger partial charge in [0.25, 0.3) is 5.91 Å². The van der Waals surface area contributed by atoms with Gasteiger partial charge in [0.05, 0.1) is 23.6 Å². The van der Waals surface area contributed by atoms with Crippen LogP contribution >= 0.6 is 0 Å². The topological polar surface area (TPSA) is 75.7 Å². The fraction of sp³-hybridized carbons (Fsp3) is 0.562. The van der Waals surface area contributed by atoms with E-state index in [1.54, 1.807) is 24.3 Å². The molecular weight excluding hydrogens is 316 g/mol. The zero-order chi connectivity index (χ0) is 16.4. The second-order valence-electron chi connectivity index (χ2n) is 6.11. The quantitative estimate of drug-likeness (QED) is 0.903. The number of rotatable bonds is 4. The van der Waals surface area contributed by atoms with Crippen molar-refractivity contribution >= 4 is 21.6 Å². The van der Waals surface area contributed by atoms with Gasteiger partial charge in [-0.05, 0) is 44.4 Å². The summed E-state index contributed by atoms with van der Waals surface area (Å²) in [6, 6.07) is 6.71. The Hall–Kier alpha value is -1.60. The molecule has 2 aliphatic rings. The van der Waals surface area contributed by atoms with E-state index in [0.717, 1.165) is 19.4 Å². The molecule has 0 saturated carbocycles. The first-order valence-electron chi connectivity index (χ1n) is 8.00. The second-order valence-corrected chi connectivity index (χ2v) is 8.12. The summed E-state index contributed by atoms with van der Waals surface area (Å²) in [6.45, 7) is 3.15. The lowest BCUT2D eigenvalue weighted by molar-refractivity contribution is 0.0712. The number of nitrogens with zero attached hydrogens (tertiary/aromatic N) is 1. The van der Waals surface area contributed by atoms with Crippen molar-refractivity contribution in [1.82, 2.24) is 5.32 Å². The van der Waals surface area contributed by atoms with Crippen LogP contribution in [0.15, 0.2) is 24.3 Å². The molecule has 126 valence electrons. The lowest BCUT2D eigenvalue weighted by Crippen LogP contribution is -2.40. The maximum Gasteiger partial charge on any atom is 0.251 e. The Kier molecular flexibility index (Phi) is 4.59. The fourth-order valence-corrected chi connectivity index (χ4v) is 4.67. The normalized spacial score (nSPS) is 24.6. The highest BCUT2D eigenvalue weighted by Crippen LogP contribution is 2.25. The van der Waals surface area contributed by atoms with E-state index >= 15 is 0 Å². The first kappa shape index (κ1) is 16.3. The van der Waals surface area contributed by atoms with Crippen molar-refractivity contribution in [2.45, 2.75) is 38.3 Å². The number of hydrogen-bond acceptors (Lipinski definition) is 4. The maximum absolute atomic E-state index is 12.4. The number of sulfonamides is 1. The lowest BCUT2D eigenvalue weighted by Gasteiger charge is -2.21. The van der Waals surface area contributed by atoms with Gasteiger partial charge in [0.15, 0.2) is 0 Å². The molecule has 1 aromatic carbocycles. The Morgan fingerprint density at radius 1 is 1.39 bits per heavy atom. The minimum absolute atomic E-state index is 0.0566. The predicted molar refractivity (Wildman–Crippen MR) is 88.1 cm³/mol. The van der Waals surface area contributed by atoms with Gasteiger partial charge in [0.1, 0.15) is 0 Å². The van der Waals surface area contributed by atoms with E-state index < -0.39 is 10.0 Å². The van der Waals surface area contributed by atoms with E-state index in [1.165, 1.54) is 4.31 Å². The first-order chi connectivity index (χ1) is 11.0. The number of ether oxygens (including phenoxy) is 1. The van der Waals surface area contributed by atoms with Gasteiger partial charge in [0, 0.05) is 18.7 Å². The molecular formula is C16H22N2O4S. The van der Waals surface area contributed by atoms with E-state index in [4.69, 9.17) is 4.74 Å². The molecule has 2 heterocycles. The number of carbonyl (C=O) groups excluding carboxylic acids is 1. The van der Waals surface area contributed by atoms with Crippen LogP contribution in [0, 0.1) is 0 Å². The van der Waals surface area contributed by atoms with E-state index in [1.807, 2.05) is 6.92 Å². The van der Waals surface area contributed by atoms with Crippen LogP contribution in [0.3, 0.4) is 0 Å². The molecule has 3 rings (SSSR count). The highest BCUT2D eigenvalue weighted by molar-refractivity contribution is 7.93. The molecule has 1 N–H and O–H groups in total. The highest BCUT2D eigenvalue weighted by Gasteiger charge is 2.29. The molecule has 2 aliphatic heterocycles. The summed E-state index contributed by atoms with van der Waals surface area (Å²) in [5.74, 6) is -0.0362. The smallest absolute Gasteiger partial charge is 0.251 e. The molecule has 7 heteroatoms. The number of nitrogens with one attached hydrogen (secondary N) is 1. The maximum atomic E-state index is 12.4. The average molecular weight is 338 g/mol. The molecule has 2 saturated heterocycles. The Balaban J connectivity index is 1.73. The summed E-state index contributed by atoms with van der Waals surface area (Å²) in [6.07, 6.45) is 2.65. The van der Waals surface area contributed by atoms with Gasteiger partial charge in [-0.1, -0.05) is 6.07 Å². The summed E-state index contributed by atoms with van der Waals surface area (Å²) >= 11 is 0. The van der Waals surface area contributed by atoms with Gasteiger partial charge in [-0.2, -0.15) is 0 Å². The summed E-state index contributed by atoms with van der Waals surface area (Å²) in [4.78, 5) is 12.4. The van der Waals surface area contributed by atoms with Gasteiger partial charge in [-0.3, -0.25) is 9.10 Å². The molecule has 0 radical (unpaired) electrons. The Morgan fingerprint density at radius 3 is 2.87 bits per heavy atom. The van der Waals surface area contributed by atoms with Gasteiger partial charge >= 0.3 is 0 Å². The van der Waals surface area contributed by atoms with Crippen molar-refractivity contribution in [2.75, 3.05) is 23.2 Å². The largest absolute Gasteiger partial charge is 0.376 e. The first-order valence-corrected chi connectivity index (χ1v) is 9.61. The summed E-state index contributed by atoms with van der Waals surface area (Å²) in [5, 5.41) is 2.94. The minimum Gasteiger partial charge on any atom is -0.376 e. The van der Waals surface area contributed by atoms with Crippen LogP contribution < -0.4 is 9.62 Å². The number of anilines is 1. The Morgan fingerprint density at radius 2 is 2.22 bits per heavy atom. The molecule has 2 fully saturated rings. The lowest BCUT2D eigenvalue weighted by atomic mass is 10.1. The number of carbonyl (C=O) groups is 1. The molecule has 0 spiro atoms. The molecule has 0 aliphatic carbocycles. The number of benzene rings is 1. The van der Waals surface area contributed by atoms with Crippen LogP contribution in [0.1, 0.15) is 36.5 Å². The molecule has 23 heavy (non-hydrogen) atoms. The van der Waals surface area contributed by atoms with E-state index in [2.05, 4.69) is 5.32 Å². The zero-order valence-electron chi connectivity index (χ0n) is 13.2. The molecule has 2 atom stereocenters. The Labute approximate surface area is 136 Å². The fourth-order valence-electron chi connectivity index (χ4n) is 3.11. The van der Waals surface area contributed by atoms with E-state index in [0.29, 0.717) is 24.2 Å². The second kappa shape index (κ2) is 6.49. The molecule has 1 amide bonds. The standard InChI is InChI=1S/C16H22N2O4S/c1-12(15-7-3-9-22-15)17-16(19)13-5-2-6-14(11-13)18-8-4-10-23(18,20)21/h2,5-6,11-12,15H,3-4,7-10H2,1H3,(H,17,19)/t12-,15-/m1/s1. The van der Waals surface area contributed by atoms with Crippen molar-refractivity contribution in [3.8, 4) is 0 Å². The van der Waals surface area contributed by atoms with Crippen molar-refractivity contribution in [3.63, 3.8) is 0 Å². The van der Waals surface area contributed by atoms with Crippen molar-refractivity contribution in [1.29, 1.82) is 0 Å². The predicted octanol–water partition coefficient (Wildman–Crippen LogP) is 1.52. The third-order valence-electron chi connectivity index (χ3n) is 4.38. The van der Waals surface area contributed by atoms with Gasteiger partial charge < -0.3 is 10.1 Å². The summed E-state index contributed by atoms with van der Waals surface area (Å²) in [5.41, 5.74) is 1.02. The number of hydrogen-bond donors (Lipinski definition) is 1. The molecule has 0 unspecified atom stereocenters. The third-order valence-corrected chi connectivity index (χ3v) is 6.25. The van der Waals surface area contributed by atoms with Crippen molar-refractivity contribution < 1.29 is 17.9 Å². The van der Waals surface area contributed by atoms with Crippen LogP contribution in [-0.4, -0.2) is 45.4 Å². The van der Waals surface area contributed by atoms with Gasteiger partial charge in [0.2, 0.25) is 10.0 Å². The van der Waals surface area contributed by atoms with Crippen LogP contribution in [0.2, 0.25) is 0 Å². The van der Waals surface area contributed by atoms with E-state index in [9.17, 15) is 13.2 Å².